The third-order valence-corrected chi connectivity index (χ3v) is 4.33. The van der Waals surface area contributed by atoms with Crippen molar-refractivity contribution in [3.8, 4) is 0 Å². The number of hydrogen-bond acceptors (Lipinski definition) is 1. The van der Waals surface area contributed by atoms with Gasteiger partial charge in [0.1, 0.15) is 17.5 Å². The van der Waals surface area contributed by atoms with Crippen LogP contribution in [0.1, 0.15) is 23.5 Å². The molecule has 3 rings (SSSR count). The van der Waals surface area contributed by atoms with E-state index in [1.54, 1.807) is 19.2 Å². The third kappa shape index (κ3) is 4.32. The summed E-state index contributed by atoms with van der Waals surface area (Å²) in [4.78, 5) is 4.13. The Bertz CT molecular complexity index is 739. The number of hydrogen-bond donors (Lipinski definition) is 2. The molecule has 2 unspecified atom stereocenters. The van der Waals surface area contributed by atoms with Gasteiger partial charge in [-0.05, 0) is 42.7 Å². The molecule has 1 saturated carbocycles. The van der Waals surface area contributed by atoms with Crippen LogP contribution in [0.2, 0.25) is 0 Å². The summed E-state index contributed by atoms with van der Waals surface area (Å²) in [5.41, 5.74) is 1.16. The largest absolute Gasteiger partial charge is 0.356 e. The molecule has 2 aromatic carbocycles. The average molecular weight is 347 g/mol. The zero-order valence-corrected chi connectivity index (χ0v) is 13.9. The molecule has 1 aliphatic carbocycles. The predicted octanol–water partition coefficient (Wildman–Crippen LogP) is 3.37. The molecule has 132 valence electrons. The zero-order valence-electron chi connectivity index (χ0n) is 13.9. The molecule has 2 atom stereocenters. The van der Waals surface area contributed by atoms with Crippen molar-refractivity contribution in [2.75, 3.05) is 13.6 Å². The fourth-order valence-electron chi connectivity index (χ4n) is 2.89. The lowest BCUT2D eigenvalue weighted by atomic mass is 10.1. The van der Waals surface area contributed by atoms with Gasteiger partial charge in [-0.15, -0.1) is 0 Å². The highest BCUT2D eigenvalue weighted by Crippen LogP contribution is 2.42. The Morgan fingerprint density at radius 2 is 1.76 bits per heavy atom. The fourth-order valence-corrected chi connectivity index (χ4v) is 2.89. The van der Waals surface area contributed by atoms with Gasteiger partial charge in [-0.2, -0.15) is 0 Å². The van der Waals surface area contributed by atoms with Crippen LogP contribution in [0.15, 0.2) is 47.5 Å². The normalized spacial score (nSPS) is 19.6. The Balaban J connectivity index is 1.50. The van der Waals surface area contributed by atoms with Gasteiger partial charge in [-0.25, -0.2) is 13.2 Å². The molecule has 1 fully saturated rings. The van der Waals surface area contributed by atoms with Crippen LogP contribution in [0.5, 0.6) is 0 Å². The molecule has 2 N–H and O–H groups in total. The van der Waals surface area contributed by atoms with Gasteiger partial charge in [-0.1, -0.05) is 18.2 Å². The molecule has 0 saturated heterocycles. The standard InChI is InChI=1S/C19H20F3N3/c1-23-19(24-10-9-12-5-7-13(20)8-6-12)25-17-11-14(17)18-15(21)3-2-4-16(18)22/h2-8,14,17H,9-11H2,1H3,(H2,23,24,25). The second-order valence-electron chi connectivity index (χ2n) is 6.10. The fraction of sp³-hybridized carbons (Fsp3) is 0.316. The number of nitrogens with one attached hydrogen (secondary N) is 2. The minimum absolute atomic E-state index is 0.0385. The molecular weight excluding hydrogens is 327 g/mol. The number of guanidine groups is 1. The highest BCUT2D eigenvalue weighted by atomic mass is 19.1. The van der Waals surface area contributed by atoms with Gasteiger partial charge < -0.3 is 10.6 Å². The molecule has 0 spiro atoms. The summed E-state index contributed by atoms with van der Waals surface area (Å²) >= 11 is 0. The Labute approximate surface area is 145 Å². The van der Waals surface area contributed by atoms with E-state index in [-0.39, 0.29) is 23.3 Å². The van der Waals surface area contributed by atoms with E-state index < -0.39 is 11.6 Å². The van der Waals surface area contributed by atoms with E-state index in [0.29, 0.717) is 18.9 Å². The molecule has 0 bridgehead atoms. The summed E-state index contributed by atoms with van der Waals surface area (Å²) < 4.78 is 40.5. The first kappa shape index (κ1) is 17.3. The first-order valence-electron chi connectivity index (χ1n) is 8.24. The Hall–Kier alpha value is -2.50. The van der Waals surface area contributed by atoms with Crippen LogP contribution >= 0.6 is 0 Å². The molecule has 25 heavy (non-hydrogen) atoms. The van der Waals surface area contributed by atoms with Crippen molar-refractivity contribution in [2.24, 2.45) is 4.99 Å². The van der Waals surface area contributed by atoms with Crippen LogP contribution in [0.3, 0.4) is 0 Å². The lowest BCUT2D eigenvalue weighted by molar-refractivity contribution is 0.553. The maximum atomic E-state index is 13.8. The summed E-state index contributed by atoms with van der Waals surface area (Å²) in [6, 6.07) is 10.2. The Morgan fingerprint density at radius 3 is 2.40 bits per heavy atom. The molecule has 0 heterocycles. The molecule has 1 aliphatic rings. The summed E-state index contributed by atoms with van der Waals surface area (Å²) in [5, 5.41) is 6.35. The van der Waals surface area contributed by atoms with Crippen LogP contribution in [-0.2, 0) is 6.42 Å². The summed E-state index contributed by atoms with van der Waals surface area (Å²) in [7, 11) is 1.65. The maximum Gasteiger partial charge on any atom is 0.191 e. The van der Waals surface area contributed by atoms with Crippen molar-refractivity contribution in [1.82, 2.24) is 10.6 Å². The quantitative estimate of drug-likeness (QED) is 0.643. The van der Waals surface area contributed by atoms with Crippen LogP contribution in [0.4, 0.5) is 13.2 Å². The second-order valence-corrected chi connectivity index (χ2v) is 6.10. The van der Waals surface area contributed by atoms with Crippen molar-refractivity contribution >= 4 is 5.96 Å². The van der Waals surface area contributed by atoms with E-state index in [2.05, 4.69) is 15.6 Å². The highest BCUT2D eigenvalue weighted by molar-refractivity contribution is 5.80. The first-order valence-corrected chi connectivity index (χ1v) is 8.24. The van der Waals surface area contributed by atoms with Crippen LogP contribution in [-0.4, -0.2) is 25.6 Å². The van der Waals surface area contributed by atoms with Gasteiger partial charge in [0.15, 0.2) is 5.96 Å². The van der Waals surface area contributed by atoms with E-state index >= 15 is 0 Å². The monoisotopic (exact) mass is 347 g/mol. The summed E-state index contributed by atoms with van der Waals surface area (Å²) in [6.07, 6.45) is 1.38. The highest BCUT2D eigenvalue weighted by Gasteiger charge is 2.42. The van der Waals surface area contributed by atoms with Crippen LogP contribution in [0, 0.1) is 17.5 Å². The lowest BCUT2D eigenvalue weighted by Gasteiger charge is -2.12. The van der Waals surface area contributed by atoms with E-state index in [1.807, 2.05) is 0 Å². The van der Waals surface area contributed by atoms with Crippen molar-refractivity contribution in [3.05, 3.63) is 71.0 Å². The van der Waals surface area contributed by atoms with Gasteiger partial charge in [0.2, 0.25) is 0 Å². The van der Waals surface area contributed by atoms with Crippen LogP contribution < -0.4 is 10.6 Å². The van der Waals surface area contributed by atoms with E-state index in [0.717, 1.165) is 12.0 Å². The van der Waals surface area contributed by atoms with Crippen molar-refractivity contribution in [2.45, 2.75) is 24.8 Å². The van der Waals surface area contributed by atoms with E-state index in [9.17, 15) is 13.2 Å². The van der Waals surface area contributed by atoms with E-state index in [4.69, 9.17) is 0 Å². The molecule has 6 heteroatoms. The number of benzene rings is 2. The summed E-state index contributed by atoms with van der Waals surface area (Å²) in [6.45, 7) is 0.622. The van der Waals surface area contributed by atoms with E-state index in [1.165, 1.54) is 30.3 Å². The molecule has 2 aromatic rings. The third-order valence-electron chi connectivity index (χ3n) is 4.33. The zero-order chi connectivity index (χ0) is 17.8. The molecule has 0 aliphatic heterocycles. The van der Waals surface area contributed by atoms with Crippen molar-refractivity contribution in [1.29, 1.82) is 0 Å². The number of rotatable bonds is 5. The van der Waals surface area contributed by atoms with Gasteiger partial charge in [0, 0.05) is 31.1 Å². The minimum atomic E-state index is -0.506. The number of aliphatic imine (C=N–C) groups is 1. The summed E-state index contributed by atoms with van der Waals surface area (Å²) in [5.74, 6) is -0.861. The average Bonchev–Trinajstić information content (AvgIpc) is 3.34. The van der Waals surface area contributed by atoms with Gasteiger partial charge in [0.25, 0.3) is 0 Å². The first-order chi connectivity index (χ1) is 12.1. The molecule has 0 aromatic heterocycles. The molecule has 0 radical (unpaired) electrons. The number of nitrogens with zero attached hydrogens (tertiary/aromatic N) is 1. The Morgan fingerprint density at radius 1 is 1.08 bits per heavy atom. The van der Waals surface area contributed by atoms with Gasteiger partial charge >= 0.3 is 0 Å². The van der Waals surface area contributed by atoms with Gasteiger partial charge in [0.05, 0.1) is 0 Å². The minimum Gasteiger partial charge on any atom is -0.356 e. The van der Waals surface area contributed by atoms with Crippen molar-refractivity contribution < 1.29 is 13.2 Å². The molecular formula is C19H20F3N3. The lowest BCUT2D eigenvalue weighted by Crippen LogP contribution is -2.40. The predicted molar refractivity (Wildman–Crippen MR) is 92.1 cm³/mol. The SMILES string of the molecule is CN=C(NCCc1ccc(F)cc1)NC1CC1c1c(F)cccc1F. The van der Waals surface area contributed by atoms with Crippen LogP contribution in [0.25, 0.3) is 0 Å². The topological polar surface area (TPSA) is 36.4 Å². The van der Waals surface area contributed by atoms with Crippen molar-refractivity contribution in [3.63, 3.8) is 0 Å². The smallest absolute Gasteiger partial charge is 0.191 e. The molecule has 3 nitrogen and oxygen atoms in total. The Kier molecular flexibility index (Phi) is 5.26. The second kappa shape index (κ2) is 7.59. The molecule has 0 amide bonds. The number of halogens is 3. The van der Waals surface area contributed by atoms with Gasteiger partial charge in [-0.3, -0.25) is 4.99 Å². The maximum absolute atomic E-state index is 13.8.